The zero-order valence-corrected chi connectivity index (χ0v) is 11.2. The molecular weight excluding hydrogens is 271 g/mol. The van der Waals surface area contributed by atoms with E-state index in [9.17, 15) is 14.0 Å². The Morgan fingerprint density at radius 3 is 2.43 bits per heavy atom. The quantitative estimate of drug-likeness (QED) is 0.772. The van der Waals surface area contributed by atoms with Crippen LogP contribution in [0.5, 0.6) is 0 Å². The van der Waals surface area contributed by atoms with Gasteiger partial charge in [-0.15, -0.1) is 0 Å². The smallest absolute Gasteiger partial charge is 0.306 e. The number of aromatic amines is 2. The van der Waals surface area contributed by atoms with Gasteiger partial charge in [-0.1, -0.05) is 18.2 Å². The molecule has 0 unspecified atom stereocenters. The lowest BCUT2D eigenvalue weighted by Gasteiger charge is -2.02. The molecule has 21 heavy (non-hydrogen) atoms. The number of H-pyrrole nitrogens is 2. The van der Waals surface area contributed by atoms with Crippen LogP contribution in [0.15, 0.2) is 47.3 Å². The minimum atomic E-state index is -0.341. The van der Waals surface area contributed by atoms with Crippen LogP contribution in [0.25, 0.3) is 11.0 Å². The van der Waals surface area contributed by atoms with E-state index in [1.807, 2.05) is 0 Å². The number of hydrogen-bond donors (Lipinski definition) is 2. The second kappa shape index (κ2) is 5.36. The van der Waals surface area contributed by atoms with Gasteiger partial charge in [-0.05, 0) is 35.4 Å². The second-order valence-corrected chi connectivity index (χ2v) is 4.98. The third kappa shape index (κ3) is 3.08. The van der Waals surface area contributed by atoms with E-state index >= 15 is 0 Å². The molecule has 0 bridgehead atoms. The van der Waals surface area contributed by atoms with Gasteiger partial charge in [0.05, 0.1) is 11.0 Å². The number of rotatable bonds is 4. The number of hydrogen-bond acceptors (Lipinski definition) is 2. The largest absolute Gasteiger partial charge is 0.323 e. The molecular formula is C16H13FN2O2. The van der Waals surface area contributed by atoms with Crippen LogP contribution in [0, 0.1) is 5.82 Å². The number of ketones is 1. The van der Waals surface area contributed by atoms with E-state index in [2.05, 4.69) is 9.97 Å². The fourth-order valence-corrected chi connectivity index (χ4v) is 2.35. The molecule has 1 heterocycles. The number of fused-ring (bicyclic) bond motifs is 1. The molecule has 0 saturated heterocycles. The summed E-state index contributed by atoms with van der Waals surface area (Å²) in [6.45, 7) is 0. The molecule has 1 aromatic heterocycles. The van der Waals surface area contributed by atoms with Crippen LogP contribution in [0.1, 0.15) is 11.1 Å². The molecule has 4 nitrogen and oxygen atoms in total. The number of aromatic nitrogens is 2. The average molecular weight is 284 g/mol. The van der Waals surface area contributed by atoms with Crippen LogP contribution in [0.3, 0.4) is 0 Å². The first kappa shape index (κ1) is 13.3. The van der Waals surface area contributed by atoms with Gasteiger partial charge in [0.25, 0.3) is 0 Å². The molecule has 0 aliphatic heterocycles. The van der Waals surface area contributed by atoms with Crippen molar-refractivity contribution in [1.82, 2.24) is 9.97 Å². The lowest BCUT2D eigenvalue weighted by Crippen LogP contribution is -2.06. The first-order valence-corrected chi connectivity index (χ1v) is 6.57. The third-order valence-corrected chi connectivity index (χ3v) is 3.27. The third-order valence-electron chi connectivity index (χ3n) is 3.27. The first-order chi connectivity index (χ1) is 10.1. The minimum absolute atomic E-state index is 0.00201. The number of Topliss-reactive ketones (excluding diaryl/α,β-unsaturated/α-hetero) is 1. The van der Waals surface area contributed by atoms with Gasteiger partial charge < -0.3 is 9.97 Å². The monoisotopic (exact) mass is 284 g/mol. The summed E-state index contributed by atoms with van der Waals surface area (Å²) in [5.74, 6) is -0.343. The summed E-state index contributed by atoms with van der Waals surface area (Å²) in [4.78, 5) is 28.5. The highest BCUT2D eigenvalue weighted by Gasteiger charge is 2.07. The van der Waals surface area contributed by atoms with Gasteiger partial charge in [-0.3, -0.25) is 4.79 Å². The van der Waals surface area contributed by atoms with E-state index in [1.54, 1.807) is 30.3 Å². The molecule has 5 heteroatoms. The molecule has 106 valence electrons. The lowest BCUT2D eigenvalue weighted by molar-refractivity contribution is -0.117. The molecule has 0 spiro atoms. The molecule has 3 rings (SSSR count). The molecule has 0 aliphatic carbocycles. The van der Waals surface area contributed by atoms with E-state index in [4.69, 9.17) is 0 Å². The number of nitrogens with one attached hydrogen (secondary N) is 2. The summed E-state index contributed by atoms with van der Waals surface area (Å²) in [6, 6.07) is 11.4. The van der Waals surface area contributed by atoms with Crippen molar-refractivity contribution in [1.29, 1.82) is 0 Å². The van der Waals surface area contributed by atoms with Crippen LogP contribution in [0.2, 0.25) is 0 Å². The van der Waals surface area contributed by atoms with Crippen molar-refractivity contribution in [3.63, 3.8) is 0 Å². The van der Waals surface area contributed by atoms with Gasteiger partial charge >= 0.3 is 5.69 Å². The molecule has 0 aliphatic rings. The lowest BCUT2D eigenvalue weighted by atomic mass is 10.0. The summed E-state index contributed by atoms with van der Waals surface area (Å²) in [6.07, 6.45) is 0.444. The van der Waals surface area contributed by atoms with Crippen molar-refractivity contribution >= 4 is 16.8 Å². The highest BCUT2D eigenvalue weighted by atomic mass is 19.1. The fraction of sp³-hybridized carbons (Fsp3) is 0.125. The highest BCUT2D eigenvalue weighted by Crippen LogP contribution is 2.12. The van der Waals surface area contributed by atoms with Crippen molar-refractivity contribution < 1.29 is 9.18 Å². The van der Waals surface area contributed by atoms with Crippen LogP contribution in [0.4, 0.5) is 4.39 Å². The van der Waals surface area contributed by atoms with Gasteiger partial charge in [-0.2, -0.15) is 0 Å². The maximum absolute atomic E-state index is 13.1. The zero-order chi connectivity index (χ0) is 14.8. The molecule has 0 fully saturated rings. The molecule has 0 amide bonds. The Bertz CT molecular complexity index is 864. The summed E-state index contributed by atoms with van der Waals surface area (Å²) in [5, 5.41) is 0. The Labute approximate surface area is 119 Å². The van der Waals surface area contributed by atoms with Crippen molar-refractivity contribution in [2.24, 2.45) is 0 Å². The Kier molecular flexibility index (Phi) is 3.39. The number of carbonyl (C=O) groups is 1. The average Bonchev–Trinajstić information content (AvgIpc) is 2.78. The van der Waals surface area contributed by atoms with Gasteiger partial charge in [0.1, 0.15) is 11.6 Å². The predicted octanol–water partition coefficient (Wildman–Crippen LogP) is 2.35. The molecule has 3 aromatic rings. The van der Waals surface area contributed by atoms with Gasteiger partial charge in [-0.25, -0.2) is 9.18 Å². The maximum atomic E-state index is 13.1. The van der Waals surface area contributed by atoms with Crippen molar-refractivity contribution in [3.8, 4) is 0 Å². The summed E-state index contributed by atoms with van der Waals surface area (Å²) in [7, 11) is 0. The summed E-state index contributed by atoms with van der Waals surface area (Å²) < 4.78 is 13.1. The topological polar surface area (TPSA) is 65.7 Å². The second-order valence-electron chi connectivity index (χ2n) is 4.98. The van der Waals surface area contributed by atoms with Crippen molar-refractivity contribution in [2.45, 2.75) is 12.8 Å². The first-order valence-electron chi connectivity index (χ1n) is 6.57. The van der Waals surface area contributed by atoms with Gasteiger partial charge in [0, 0.05) is 12.8 Å². The van der Waals surface area contributed by atoms with E-state index in [0.29, 0.717) is 16.6 Å². The van der Waals surface area contributed by atoms with Gasteiger partial charge in [0.2, 0.25) is 0 Å². The predicted molar refractivity (Wildman–Crippen MR) is 77.7 cm³/mol. The number of benzene rings is 2. The number of halogens is 1. The standard InChI is InChI=1S/C16H13FN2O2/c17-12-3-1-2-10(6-12)7-13(20)8-11-4-5-14-15(9-11)19-16(21)18-14/h1-6,9H,7-8H2,(H2,18,19,21). The number of imidazole rings is 1. The Hall–Kier alpha value is -2.69. The van der Waals surface area contributed by atoms with Crippen LogP contribution in [-0.4, -0.2) is 15.8 Å². The van der Waals surface area contributed by atoms with Crippen LogP contribution < -0.4 is 5.69 Å². The molecule has 0 atom stereocenters. The Morgan fingerprint density at radius 1 is 0.952 bits per heavy atom. The summed E-state index contributed by atoms with van der Waals surface area (Å²) >= 11 is 0. The minimum Gasteiger partial charge on any atom is -0.306 e. The van der Waals surface area contributed by atoms with E-state index in [0.717, 1.165) is 5.56 Å². The molecule has 2 aromatic carbocycles. The normalized spacial score (nSPS) is 10.9. The fourth-order valence-electron chi connectivity index (χ4n) is 2.35. The zero-order valence-electron chi connectivity index (χ0n) is 11.2. The molecule has 2 N–H and O–H groups in total. The summed E-state index contributed by atoms with van der Waals surface area (Å²) in [5.41, 5.74) is 2.60. The molecule has 0 radical (unpaired) electrons. The van der Waals surface area contributed by atoms with E-state index in [-0.39, 0.29) is 30.1 Å². The number of carbonyl (C=O) groups excluding carboxylic acids is 1. The van der Waals surface area contributed by atoms with E-state index in [1.165, 1.54) is 12.1 Å². The van der Waals surface area contributed by atoms with Crippen LogP contribution >= 0.6 is 0 Å². The Morgan fingerprint density at radius 2 is 1.67 bits per heavy atom. The van der Waals surface area contributed by atoms with E-state index < -0.39 is 0 Å². The maximum Gasteiger partial charge on any atom is 0.323 e. The van der Waals surface area contributed by atoms with Crippen molar-refractivity contribution in [2.75, 3.05) is 0 Å². The van der Waals surface area contributed by atoms with Gasteiger partial charge in [0.15, 0.2) is 0 Å². The van der Waals surface area contributed by atoms with Crippen molar-refractivity contribution in [3.05, 3.63) is 69.9 Å². The van der Waals surface area contributed by atoms with Crippen LogP contribution in [-0.2, 0) is 17.6 Å². The highest BCUT2D eigenvalue weighted by molar-refractivity contribution is 5.84. The molecule has 0 saturated carbocycles. The SMILES string of the molecule is O=C(Cc1cccc(F)c1)Cc1ccc2[nH]c(=O)[nH]c2c1. The Balaban J connectivity index is 1.75.